The van der Waals surface area contributed by atoms with Gasteiger partial charge in [0.1, 0.15) is 0 Å². The Hall–Kier alpha value is -1.41. The summed E-state index contributed by atoms with van der Waals surface area (Å²) in [4.78, 5) is 6.20. The highest BCUT2D eigenvalue weighted by molar-refractivity contribution is 9.10. The lowest BCUT2D eigenvalue weighted by molar-refractivity contribution is 0.465. The third-order valence-electron chi connectivity index (χ3n) is 2.40. The number of aryl methyl sites for hydroxylation is 1. The summed E-state index contributed by atoms with van der Waals surface area (Å²) < 4.78 is 3.16. The van der Waals surface area contributed by atoms with Crippen LogP contribution in [0.2, 0.25) is 0 Å². The zero-order valence-corrected chi connectivity index (χ0v) is 12.0. The number of terminal acetylenes is 1. The van der Waals surface area contributed by atoms with E-state index in [1.165, 1.54) is 5.69 Å². The molecule has 92 valence electrons. The van der Waals surface area contributed by atoms with Gasteiger partial charge in [0.05, 0.1) is 13.1 Å². The van der Waals surface area contributed by atoms with Gasteiger partial charge in [0.25, 0.3) is 0 Å². The van der Waals surface area contributed by atoms with Gasteiger partial charge in [-0.05, 0) is 22.0 Å². The van der Waals surface area contributed by atoms with E-state index in [4.69, 9.17) is 6.42 Å². The van der Waals surface area contributed by atoms with Crippen molar-refractivity contribution in [3.8, 4) is 12.3 Å². The molecule has 4 nitrogen and oxygen atoms in total. The van der Waals surface area contributed by atoms with Gasteiger partial charge in [-0.3, -0.25) is 4.99 Å². The maximum atomic E-state index is 5.22. The van der Waals surface area contributed by atoms with Gasteiger partial charge in [-0.15, -0.1) is 6.42 Å². The van der Waals surface area contributed by atoms with Gasteiger partial charge in [-0.1, -0.05) is 5.92 Å². The van der Waals surface area contributed by atoms with Crippen LogP contribution >= 0.6 is 15.9 Å². The molecule has 0 saturated heterocycles. The largest absolute Gasteiger partial charge is 0.352 e. The number of rotatable bonds is 3. The number of nitrogens with one attached hydrogen (secondary N) is 1. The fourth-order valence-corrected chi connectivity index (χ4v) is 2.13. The maximum Gasteiger partial charge on any atom is 0.194 e. The summed E-state index contributed by atoms with van der Waals surface area (Å²) in [6.07, 6.45) is 7.24. The molecule has 1 rings (SSSR count). The molecule has 1 aromatic rings. The number of aromatic nitrogens is 1. The van der Waals surface area contributed by atoms with Gasteiger partial charge < -0.3 is 14.8 Å². The van der Waals surface area contributed by atoms with Gasteiger partial charge in [-0.25, -0.2) is 0 Å². The molecule has 0 fully saturated rings. The molecule has 0 amide bonds. The Balaban J connectivity index is 2.68. The molecule has 0 radical (unpaired) electrons. The van der Waals surface area contributed by atoms with Crippen LogP contribution in [0.1, 0.15) is 5.69 Å². The molecule has 0 spiro atoms. The summed E-state index contributed by atoms with van der Waals surface area (Å²) in [7, 11) is 5.74. The molecule has 0 saturated carbocycles. The molecule has 0 unspecified atom stereocenters. The SMILES string of the molecule is C#CCNC(=NC)N(C)Cc1cc(Br)cn1C. The molecular weight excluding hydrogens is 280 g/mol. The van der Waals surface area contributed by atoms with Gasteiger partial charge in [0, 0.05) is 37.5 Å². The number of aliphatic imine (C=N–C) groups is 1. The van der Waals surface area contributed by atoms with Gasteiger partial charge >= 0.3 is 0 Å². The minimum absolute atomic E-state index is 0.480. The number of nitrogens with zero attached hydrogens (tertiary/aromatic N) is 3. The van der Waals surface area contributed by atoms with E-state index in [2.05, 4.69) is 42.8 Å². The summed E-state index contributed by atoms with van der Waals surface area (Å²) in [5.74, 6) is 3.33. The van der Waals surface area contributed by atoms with Crippen LogP contribution in [-0.2, 0) is 13.6 Å². The highest BCUT2D eigenvalue weighted by Crippen LogP contribution is 2.14. The van der Waals surface area contributed by atoms with Crippen molar-refractivity contribution in [1.82, 2.24) is 14.8 Å². The predicted molar refractivity (Wildman–Crippen MR) is 74.8 cm³/mol. The first-order valence-electron chi connectivity index (χ1n) is 5.24. The van der Waals surface area contributed by atoms with Crippen molar-refractivity contribution >= 4 is 21.9 Å². The fraction of sp³-hybridized carbons (Fsp3) is 0.417. The first-order chi connectivity index (χ1) is 8.08. The Labute approximate surface area is 111 Å². The lowest BCUT2D eigenvalue weighted by Crippen LogP contribution is -2.38. The lowest BCUT2D eigenvalue weighted by Gasteiger charge is -2.21. The monoisotopic (exact) mass is 296 g/mol. The highest BCUT2D eigenvalue weighted by Gasteiger charge is 2.08. The molecule has 0 bridgehead atoms. The number of guanidine groups is 1. The first kappa shape index (κ1) is 13.7. The van der Waals surface area contributed by atoms with Gasteiger partial charge in [0.15, 0.2) is 5.96 Å². The average molecular weight is 297 g/mol. The second kappa shape index (κ2) is 6.36. The van der Waals surface area contributed by atoms with Gasteiger partial charge in [-0.2, -0.15) is 0 Å². The molecule has 0 atom stereocenters. The molecule has 5 heteroatoms. The Morgan fingerprint density at radius 2 is 2.41 bits per heavy atom. The summed E-state index contributed by atoms with van der Waals surface area (Å²) in [6.45, 7) is 1.25. The Kier molecular flexibility index (Phi) is 5.11. The standard InChI is InChI=1S/C12H17BrN4/c1-5-6-15-12(14-2)17(4)9-11-7-10(13)8-16(11)3/h1,7-8H,6,9H2,2-4H3,(H,14,15). The fourth-order valence-electron chi connectivity index (χ4n) is 1.56. The van der Waals surface area contributed by atoms with E-state index in [0.29, 0.717) is 6.54 Å². The predicted octanol–water partition coefficient (Wildman–Crippen LogP) is 1.43. The maximum absolute atomic E-state index is 5.22. The van der Waals surface area contributed by atoms with Crippen LogP contribution in [0.15, 0.2) is 21.7 Å². The molecule has 17 heavy (non-hydrogen) atoms. The Morgan fingerprint density at radius 3 is 2.88 bits per heavy atom. The van der Waals surface area contributed by atoms with E-state index in [1.54, 1.807) is 7.05 Å². The van der Waals surface area contributed by atoms with E-state index in [9.17, 15) is 0 Å². The van der Waals surface area contributed by atoms with Crippen LogP contribution < -0.4 is 5.32 Å². The summed E-state index contributed by atoms with van der Waals surface area (Å²) in [6, 6.07) is 2.09. The Bertz CT molecular complexity index is 442. The van der Waals surface area contributed by atoms with Crippen LogP contribution in [-0.4, -0.2) is 36.1 Å². The highest BCUT2D eigenvalue weighted by atomic mass is 79.9. The van der Waals surface area contributed by atoms with E-state index >= 15 is 0 Å². The second-order valence-electron chi connectivity index (χ2n) is 3.72. The smallest absolute Gasteiger partial charge is 0.194 e. The van der Waals surface area contributed by atoms with Crippen molar-refractivity contribution in [2.75, 3.05) is 20.6 Å². The number of hydrogen-bond donors (Lipinski definition) is 1. The van der Waals surface area contributed by atoms with Crippen molar-refractivity contribution in [3.05, 3.63) is 22.4 Å². The van der Waals surface area contributed by atoms with Crippen LogP contribution in [0.5, 0.6) is 0 Å². The second-order valence-corrected chi connectivity index (χ2v) is 4.64. The van der Waals surface area contributed by atoms with Crippen molar-refractivity contribution < 1.29 is 0 Å². The van der Waals surface area contributed by atoms with Crippen molar-refractivity contribution in [3.63, 3.8) is 0 Å². The molecule has 0 aromatic carbocycles. The topological polar surface area (TPSA) is 32.6 Å². The summed E-state index contributed by atoms with van der Waals surface area (Å²) in [5.41, 5.74) is 1.20. The van der Waals surface area contributed by atoms with Crippen molar-refractivity contribution in [2.24, 2.45) is 12.0 Å². The van der Waals surface area contributed by atoms with Crippen molar-refractivity contribution in [1.29, 1.82) is 0 Å². The molecule has 0 aliphatic rings. The molecule has 1 aromatic heterocycles. The quantitative estimate of drug-likeness (QED) is 0.520. The number of hydrogen-bond acceptors (Lipinski definition) is 1. The minimum atomic E-state index is 0.480. The van der Waals surface area contributed by atoms with Crippen molar-refractivity contribution in [2.45, 2.75) is 6.54 Å². The molecule has 0 aliphatic heterocycles. The normalized spacial score (nSPS) is 11.1. The zero-order valence-electron chi connectivity index (χ0n) is 10.4. The number of halogens is 1. The molecule has 0 aliphatic carbocycles. The van der Waals surface area contributed by atoms with Crippen LogP contribution in [0.25, 0.3) is 0 Å². The van der Waals surface area contributed by atoms with Crippen LogP contribution in [0.3, 0.4) is 0 Å². The lowest BCUT2D eigenvalue weighted by atomic mass is 10.4. The van der Waals surface area contributed by atoms with E-state index in [1.807, 2.05) is 25.2 Å². The minimum Gasteiger partial charge on any atom is -0.352 e. The van der Waals surface area contributed by atoms with Gasteiger partial charge in [0.2, 0.25) is 0 Å². The van der Waals surface area contributed by atoms with E-state index in [0.717, 1.165) is 17.0 Å². The first-order valence-corrected chi connectivity index (χ1v) is 6.03. The summed E-state index contributed by atoms with van der Waals surface area (Å²) >= 11 is 3.46. The molecular formula is C12H17BrN4. The average Bonchev–Trinajstić information content (AvgIpc) is 2.58. The Morgan fingerprint density at radius 1 is 1.71 bits per heavy atom. The van der Waals surface area contributed by atoms with E-state index < -0.39 is 0 Å². The van der Waals surface area contributed by atoms with Crippen LogP contribution in [0.4, 0.5) is 0 Å². The zero-order chi connectivity index (χ0) is 12.8. The third kappa shape index (κ3) is 3.82. The molecule has 1 N–H and O–H groups in total. The third-order valence-corrected chi connectivity index (χ3v) is 2.83. The molecule has 1 heterocycles. The summed E-state index contributed by atoms with van der Waals surface area (Å²) in [5, 5.41) is 3.08. The van der Waals surface area contributed by atoms with Crippen LogP contribution in [0, 0.1) is 12.3 Å². The van der Waals surface area contributed by atoms with E-state index in [-0.39, 0.29) is 0 Å².